The van der Waals surface area contributed by atoms with E-state index < -0.39 is 0 Å². The van der Waals surface area contributed by atoms with Crippen molar-refractivity contribution in [1.29, 1.82) is 0 Å². The molecule has 0 bridgehead atoms. The van der Waals surface area contributed by atoms with Gasteiger partial charge in [0.25, 0.3) is 0 Å². The van der Waals surface area contributed by atoms with Crippen molar-refractivity contribution >= 4 is 28.9 Å². The maximum absolute atomic E-state index is 12.1. The highest BCUT2D eigenvalue weighted by Gasteiger charge is 2.12. The number of nitrogen functional groups attached to an aromatic ring is 1. The molecular formula is C17H19ClN2O. The van der Waals surface area contributed by atoms with Crippen molar-refractivity contribution in [2.24, 2.45) is 0 Å². The number of anilines is 2. The van der Waals surface area contributed by atoms with Crippen molar-refractivity contribution in [2.45, 2.75) is 26.2 Å². The third-order valence-corrected chi connectivity index (χ3v) is 3.69. The number of halogens is 1. The second kappa shape index (κ2) is 6.64. The van der Waals surface area contributed by atoms with Gasteiger partial charge in [-0.1, -0.05) is 30.7 Å². The number of nitrogens with two attached hydrogens (primary N) is 1. The van der Waals surface area contributed by atoms with Gasteiger partial charge < -0.3 is 11.1 Å². The molecule has 2 rings (SSSR count). The van der Waals surface area contributed by atoms with Crippen LogP contribution in [0.4, 0.5) is 11.4 Å². The van der Waals surface area contributed by atoms with Crippen LogP contribution in [0.15, 0.2) is 42.5 Å². The van der Waals surface area contributed by atoms with Crippen molar-refractivity contribution in [1.82, 2.24) is 0 Å². The summed E-state index contributed by atoms with van der Waals surface area (Å²) in [6.07, 6.45) is 0.423. The molecule has 21 heavy (non-hydrogen) atoms. The molecule has 0 saturated heterocycles. The predicted octanol–water partition coefficient (Wildman–Crippen LogP) is 4.36. The number of amides is 1. The number of hydrogen-bond acceptors (Lipinski definition) is 2. The summed E-state index contributed by atoms with van der Waals surface area (Å²) in [5.74, 6) is 0.128. The lowest BCUT2D eigenvalue weighted by Gasteiger charge is -2.13. The van der Waals surface area contributed by atoms with Gasteiger partial charge >= 0.3 is 0 Å². The van der Waals surface area contributed by atoms with Gasteiger partial charge in [0.2, 0.25) is 5.91 Å². The average Bonchev–Trinajstić information content (AvgIpc) is 2.42. The molecular weight excluding hydrogens is 284 g/mol. The van der Waals surface area contributed by atoms with E-state index in [1.54, 1.807) is 6.07 Å². The van der Waals surface area contributed by atoms with E-state index in [0.29, 0.717) is 11.4 Å². The van der Waals surface area contributed by atoms with Crippen molar-refractivity contribution < 1.29 is 4.79 Å². The van der Waals surface area contributed by atoms with E-state index in [0.717, 1.165) is 22.5 Å². The molecule has 1 unspecified atom stereocenters. The van der Waals surface area contributed by atoms with Crippen molar-refractivity contribution in [3.63, 3.8) is 0 Å². The highest BCUT2D eigenvalue weighted by molar-refractivity contribution is 6.30. The van der Waals surface area contributed by atoms with Gasteiger partial charge in [-0.2, -0.15) is 0 Å². The SMILES string of the molecule is Cc1cc(Cl)ccc1NC(=O)CC(C)c1ccc(N)cc1. The molecule has 0 saturated carbocycles. The summed E-state index contributed by atoms with van der Waals surface area (Å²) in [4.78, 5) is 12.1. The number of carbonyl (C=O) groups excluding carboxylic acids is 1. The Morgan fingerprint density at radius 1 is 1.24 bits per heavy atom. The van der Waals surface area contributed by atoms with Gasteiger partial charge in [0.15, 0.2) is 0 Å². The Morgan fingerprint density at radius 3 is 2.52 bits per heavy atom. The Balaban J connectivity index is 1.99. The molecule has 110 valence electrons. The number of hydrogen-bond donors (Lipinski definition) is 2. The van der Waals surface area contributed by atoms with Gasteiger partial charge in [-0.3, -0.25) is 4.79 Å². The molecule has 2 aromatic carbocycles. The molecule has 0 aliphatic carbocycles. The quantitative estimate of drug-likeness (QED) is 0.824. The summed E-state index contributed by atoms with van der Waals surface area (Å²) in [5.41, 5.74) is 9.26. The minimum Gasteiger partial charge on any atom is -0.399 e. The maximum Gasteiger partial charge on any atom is 0.224 e. The minimum atomic E-state index is -0.00949. The van der Waals surface area contributed by atoms with E-state index in [2.05, 4.69) is 5.32 Å². The molecule has 4 heteroatoms. The van der Waals surface area contributed by atoms with E-state index in [1.165, 1.54) is 0 Å². The summed E-state index contributed by atoms with van der Waals surface area (Å²) in [7, 11) is 0. The number of aryl methyl sites for hydroxylation is 1. The van der Waals surface area contributed by atoms with Gasteiger partial charge in [0.05, 0.1) is 0 Å². The van der Waals surface area contributed by atoms with Crippen LogP contribution in [-0.4, -0.2) is 5.91 Å². The molecule has 0 radical (unpaired) electrons. The lowest BCUT2D eigenvalue weighted by molar-refractivity contribution is -0.116. The van der Waals surface area contributed by atoms with Gasteiger partial charge in [-0.05, 0) is 54.3 Å². The minimum absolute atomic E-state index is 0.00949. The second-order valence-corrected chi connectivity index (χ2v) is 5.72. The Hall–Kier alpha value is -2.00. The zero-order valence-corrected chi connectivity index (χ0v) is 12.9. The molecule has 0 aliphatic rings. The zero-order chi connectivity index (χ0) is 15.4. The first-order valence-corrected chi connectivity index (χ1v) is 7.25. The molecule has 3 nitrogen and oxygen atoms in total. The van der Waals surface area contributed by atoms with E-state index in [4.69, 9.17) is 17.3 Å². The summed E-state index contributed by atoms with van der Waals surface area (Å²) in [6, 6.07) is 13.1. The highest BCUT2D eigenvalue weighted by atomic mass is 35.5. The van der Waals surface area contributed by atoms with Crippen LogP contribution in [0.3, 0.4) is 0 Å². The number of rotatable bonds is 4. The third-order valence-electron chi connectivity index (χ3n) is 3.46. The topological polar surface area (TPSA) is 55.1 Å². The van der Waals surface area contributed by atoms with E-state index in [9.17, 15) is 4.79 Å². The Labute approximate surface area is 130 Å². The standard InChI is InChI=1S/C17H19ClN2O/c1-11(13-3-6-15(19)7-4-13)10-17(21)20-16-8-5-14(18)9-12(16)2/h3-9,11H,10,19H2,1-2H3,(H,20,21). The van der Waals surface area contributed by atoms with E-state index in [-0.39, 0.29) is 11.8 Å². The smallest absolute Gasteiger partial charge is 0.224 e. The molecule has 0 spiro atoms. The molecule has 0 heterocycles. The molecule has 1 amide bonds. The fourth-order valence-corrected chi connectivity index (χ4v) is 2.42. The van der Waals surface area contributed by atoms with E-state index in [1.807, 2.05) is 50.2 Å². The molecule has 1 atom stereocenters. The first-order valence-electron chi connectivity index (χ1n) is 6.87. The van der Waals surface area contributed by atoms with Crippen LogP contribution in [0.1, 0.15) is 30.4 Å². The lowest BCUT2D eigenvalue weighted by atomic mass is 9.97. The van der Waals surface area contributed by atoms with Crippen molar-refractivity contribution in [2.75, 3.05) is 11.1 Å². The Bertz CT molecular complexity index is 638. The second-order valence-electron chi connectivity index (χ2n) is 5.28. The van der Waals surface area contributed by atoms with Crippen LogP contribution in [0.5, 0.6) is 0 Å². The molecule has 3 N–H and O–H groups in total. The summed E-state index contributed by atoms with van der Waals surface area (Å²) in [6.45, 7) is 3.95. The van der Waals surface area contributed by atoms with Crippen LogP contribution in [-0.2, 0) is 4.79 Å². The highest BCUT2D eigenvalue weighted by Crippen LogP contribution is 2.23. The lowest BCUT2D eigenvalue weighted by Crippen LogP contribution is -2.15. The zero-order valence-electron chi connectivity index (χ0n) is 12.2. The van der Waals surface area contributed by atoms with Gasteiger partial charge in [-0.25, -0.2) is 0 Å². The summed E-state index contributed by atoms with van der Waals surface area (Å²) >= 11 is 5.91. The monoisotopic (exact) mass is 302 g/mol. The molecule has 0 aliphatic heterocycles. The van der Waals surface area contributed by atoms with Crippen LogP contribution in [0.25, 0.3) is 0 Å². The van der Waals surface area contributed by atoms with Gasteiger partial charge in [0, 0.05) is 22.8 Å². The summed E-state index contributed by atoms with van der Waals surface area (Å²) < 4.78 is 0. The van der Waals surface area contributed by atoms with Crippen molar-refractivity contribution in [3.05, 3.63) is 58.6 Å². The fourth-order valence-electron chi connectivity index (χ4n) is 2.19. The van der Waals surface area contributed by atoms with Crippen LogP contribution in [0, 0.1) is 6.92 Å². The normalized spacial score (nSPS) is 12.0. The number of carbonyl (C=O) groups is 1. The third kappa shape index (κ3) is 4.23. The number of benzene rings is 2. The first kappa shape index (κ1) is 15.4. The van der Waals surface area contributed by atoms with Gasteiger partial charge in [-0.15, -0.1) is 0 Å². The largest absolute Gasteiger partial charge is 0.399 e. The molecule has 0 aromatic heterocycles. The van der Waals surface area contributed by atoms with Gasteiger partial charge in [0.1, 0.15) is 0 Å². The van der Waals surface area contributed by atoms with Crippen LogP contribution >= 0.6 is 11.6 Å². The predicted molar refractivity (Wildman–Crippen MR) is 88.7 cm³/mol. The Kier molecular flexibility index (Phi) is 4.86. The molecule has 2 aromatic rings. The first-order chi connectivity index (χ1) is 9.95. The van der Waals surface area contributed by atoms with Crippen LogP contribution < -0.4 is 11.1 Å². The van der Waals surface area contributed by atoms with Crippen LogP contribution in [0.2, 0.25) is 5.02 Å². The molecule has 0 fully saturated rings. The Morgan fingerprint density at radius 2 is 1.90 bits per heavy atom. The number of nitrogens with one attached hydrogen (secondary N) is 1. The average molecular weight is 303 g/mol. The summed E-state index contributed by atoms with van der Waals surface area (Å²) in [5, 5.41) is 3.59. The van der Waals surface area contributed by atoms with Crippen molar-refractivity contribution in [3.8, 4) is 0 Å². The maximum atomic E-state index is 12.1. The fraction of sp³-hybridized carbons (Fsp3) is 0.235. The van der Waals surface area contributed by atoms with E-state index >= 15 is 0 Å².